The Morgan fingerprint density at radius 1 is 0.508 bits per heavy atom. The van der Waals surface area contributed by atoms with E-state index in [1.54, 1.807) is 0 Å². The van der Waals surface area contributed by atoms with Crippen LogP contribution in [0.5, 0.6) is 0 Å². The summed E-state index contributed by atoms with van der Waals surface area (Å²) in [5.41, 5.74) is 0. The number of rotatable bonds is 45. The van der Waals surface area contributed by atoms with Crippen molar-refractivity contribution in [2.75, 3.05) is 6.61 Å². The molecule has 3 atom stereocenters. The number of esters is 1. The molecule has 3 N–H and O–H groups in total. The number of carbonyl (C=O) groups is 2. The number of aliphatic hydroxyl groups excluding tert-OH is 2. The van der Waals surface area contributed by atoms with E-state index in [1.165, 1.54) is 128 Å². The molecular weight excluding hydrogens is 731 g/mol. The highest BCUT2D eigenvalue weighted by Crippen LogP contribution is 2.17. The molecule has 0 aromatic carbocycles. The fourth-order valence-corrected chi connectivity index (χ4v) is 7.60. The summed E-state index contributed by atoms with van der Waals surface area (Å²) in [7, 11) is 0. The topological polar surface area (TPSA) is 95.9 Å². The molecule has 0 spiro atoms. The maximum absolute atomic E-state index is 13.2. The van der Waals surface area contributed by atoms with Crippen molar-refractivity contribution in [2.45, 2.75) is 270 Å². The Hall–Kier alpha value is -2.18. The predicted molar refractivity (Wildman–Crippen MR) is 255 cm³/mol. The van der Waals surface area contributed by atoms with Gasteiger partial charge in [0, 0.05) is 6.42 Å². The normalized spacial score (nSPS) is 13.6. The van der Waals surface area contributed by atoms with Gasteiger partial charge in [-0.05, 0) is 57.8 Å². The quantitative estimate of drug-likeness (QED) is 0.0323. The molecule has 0 aromatic heterocycles. The molecule has 0 aliphatic rings. The van der Waals surface area contributed by atoms with E-state index in [2.05, 4.69) is 74.7 Å². The third-order valence-electron chi connectivity index (χ3n) is 11.4. The summed E-state index contributed by atoms with van der Waals surface area (Å²) in [6.45, 7) is 6.35. The number of carbonyl (C=O) groups excluding carboxylic acids is 2. The summed E-state index contributed by atoms with van der Waals surface area (Å²) in [6, 6.07) is -0.716. The zero-order chi connectivity index (χ0) is 43.1. The van der Waals surface area contributed by atoms with Gasteiger partial charge >= 0.3 is 5.97 Å². The second-order valence-corrected chi connectivity index (χ2v) is 17.2. The Kier molecular flexibility index (Phi) is 45.1. The van der Waals surface area contributed by atoms with E-state index < -0.39 is 18.2 Å². The average molecular weight is 828 g/mol. The number of nitrogens with one attached hydrogen (secondary N) is 1. The van der Waals surface area contributed by atoms with Crippen LogP contribution < -0.4 is 5.32 Å². The first-order valence-electron chi connectivity index (χ1n) is 25.4. The van der Waals surface area contributed by atoms with Gasteiger partial charge < -0.3 is 20.3 Å². The van der Waals surface area contributed by atoms with Gasteiger partial charge in [0.1, 0.15) is 6.10 Å². The molecule has 6 nitrogen and oxygen atoms in total. The predicted octanol–water partition coefficient (Wildman–Crippen LogP) is 15.1. The molecule has 0 rings (SSSR count). The Balaban J connectivity index is 4.63. The number of allylic oxidation sites excluding steroid dienone is 8. The van der Waals surface area contributed by atoms with Crippen molar-refractivity contribution < 1.29 is 24.5 Å². The second-order valence-electron chi connectivity index (χ2n) is 17.2. The molecule has 0 fully saturated rings. The average Bonchev–Trinajstić information content (AvgIpc) is 3.23. The fraction of sp³-hybridized carbons (Fsp3) is 0.811. The van der Waals surface area contributed by atoms with E-state index >= 15 is 0 Å². The molecule has 0 saturated carbocycles. The zero-order valence-electron chi connectivity index (χ0n) is 39.1. The molecule has 3 unspecified atom stereocenters. The fourth-order valence-electron chi connectivity index (χ4n) is 7.60. The van der Waals surface area contributed by atoms with Gasteiger partial charge in [-0.15, -0.1) is 0 Å². The summed E-state index contributed by atoms with van der Waals surface area (Å²) in [5.74, 6) is -0.522. The second kappa shape index (κ2) is 46.9. The summed E-state index contributed by atoms with van der Waals surface area (Å²) >= 11 is 0. The van der Waals surface area contributed by atoms with E-state index in [9.17, 15) is 19.8 Å². The number of amides is 1. The highest BCUT2D eigenvalue weighted by atomic mass is 16.5. The van der Waals surface area contributed by atoms with Crippen LogP contribution in [0.1, 0.15) is 252 Å². The molecular formula is C53H97NO5. The van der Waals surface area contributed by atoms with Crippen LogP contribution in [0.2, 0.25) is 0 Å². The van der Waals surface area contributed by atoms with Crippen molar-refractivity contribution in [3.05, 3.63) is 48.6 Å². The van der Waals surface area contributed by atoms with Crippen LogP contribution in [0, 0.1) is 0 Å². The highest BCUT2D eigenvalue weighted by Gasteiger charge is 2.24. The highest BCUT2D eigenvalue weighted by molar-refractivity contribution is 5.77. The largest absolute Gasteiger partial charge is 0.462 e. The first kappa shape index (κ1) is 56.8. The molecule has 6 heteroatoms. The lowest BCUT2D eigenvalue weighted by Crippen LogP contribution is -2.46. The van der Waals surface area contributed by atoms with Gasteiger partial charge in [0.05, 0.1) is 25.2 Å². The number of aliphatic hydroxyl groups is 2. The van der Waals surface area contributed by atoms with Gasteiger partial charge in [-0.3, -0.25) is 9.59 Å². The van der Waals surface area contributed by atoms with Crippen molar-refractivity contribution in [3.8, 4) is 0 Å². The smallest absolute Gasteiger partial charge is 0.306 e. The number of unbranched alkanes of at least 4 members (excludes halogenated alkanes) is 25. The van der Waals surface area contributed by atoms with Gasteiger partial charge in [-0.2, -0.15) is 0 Å². The van der Waals surface area contributed by atoms with Crippen LogP contribution in [0.4, 0.5) is 0 Å². The van der Waals surface area contributed by atoms with Crippen molar-refractivity contribution in [1.29, 1.82) is 0 Å². The summed E-state index contributed by atoms with van der Waals surface area (Å²) in [4.78, 5) is 26.1. The van der Waals surface area contributed by atoms with Crippen LogP contribution >= 0.6 is 0 Å². The molecule has 0 saturated heterocycles. The standard InChI is InChI=1S/C53H97NO5/c1-4-7-10-13-16-19-22-24-26-27-29-31-34-37-40-43-46-53(58)59-49(44-41-38-35-32-30-28-25-23-20-17-14-11-8-5-2)47-52(57)54-50(48-55)51(56)45-42-39-36-33-21-18-15-12-9-6-3/h8,11,17,20,25,28,32,35,49-51,55-56H,4-7,9-10,12-16,18-19,21-24,26-27,29-31,33-34,36-48H2,1-3H3,(H,54,57)/b11-8+,20-17+,28-25+,35-32+. The molecule has 0 radical (unpaired) electrons. The van der Waals surface area contributed by atoms with E-state index in [-0.39, 0.29) is 24.9 Å². The first-order chi connectivity index (χ1) is 29.0. The third-order valence-corrected chi connectivity index (χ3v) is 11.4. The van der Waals surface area contributed by atoms with Gasteiger partial charge in [-0.25, -0.2) is 0 Å². The Morgan fingerprint density at radius 2 is 0.915 bits per heavy atom. The van der Waals surface area contributed by atoms with Crippen LogP contribution in [-0.2, 0) is 14.3 Å². The van der Waals surface area contributed by atoms with Gasteiger partial charge in [0.2, 0.25) is 5.91 Å². The monoisotopic (exact) mass is 828 g/mol. The van der Waals surface area contributed by atoms with Crippen molar-refractivity contribution in [3.63, 3.8) is 0 Å². The minimum absolute atomic E-state index is 0.0420. The van der Waals surface area contributed by atoms with Crippen LogP contribution in [-0.4, -0.2) is 46.9 Å². The Morgan fingerprint density at radius 3 is 1.36 bits per heavy atom. The lowest BCUT2D eigenvalue weighted by molar-refractivity contribution is -0.151. The van der Waals surface area contributed by atoms with Crippen LogP contribution in [0.25, 0.3) is 0 Å². The van der Waals surface area contributed by atoms with Crippen LogP contribution in [0.3, 0.4) is 0 Å². The third kappa shape index (κ3) is 42.3. The minimum Gasteiger partial charge on any atom is -0.462 e. The van der Waals surface area contributed by atoms with Gasteiger partial charge in [-0.1, -0.05) is 230 Å². The molecule has 59 heavy (non-hydrogen) atoms. The van der Waals surface area contributed by atoms with Gasteiger partial charge in [0.25, 0.3) is 0 Å². The molecule has 344 valence electrons. The number of hydrogen-bond donors (Lipinski definition) is 3. The minimum atomic E-state index is -0.799. The van der Waals surface area contributed by atoms with Crippen LogP contribution in [0.15, 0.2) is 48.6 Å². The molecule has 0 aliphatic carbocycles. The van der Waals surface area contributed by atoms with Crippen molar-refractivity contribution >= 4 is 11.9 Å². The van der Waals surface area contributed by atoms with E-state index in [0.29, 0.717) is 19.3 Å². The SMILES string of the molecule is CC/C=C/C/C=C/C/C=C/C/C=C/CCCC(CC(=O)NC(CO)C(O)CCCCCCCCCCCC)OC(=O)CCCCCCCCCCCCCCCCCC. The maximum atomic E-state index is 13.2. The van der Waals surface area contributed by atoms with Crippen molar-refractivity contribution in [1.82, 2.24) is 5.32 Å². The lowest BCUT2D eigenvalue weighted by Gasteiger charge is -2.24. The molecule has 0 heterocycles. The molecule has 0 aliphatic heterocycles. The molecule has 0 aromatic rings. The first-order valence-corrected chi connectivity index (χ1v) is 25.4. The molecule has 0 bridgehead atoms. The maximum Gasteiger partial charge on any atom is 0.306 e. The van der Waals surface area contributed by atoms with E-state index in [1.807, 2.05) is 0 Å². The summed E-state index contributed by atoms with van der Waals surface area (Å²) in [5, 5.41) is 23.7. The summed E-state index contributed by atoms with van der Waals surface area (Å²) in [6.07, 6.45) is 56.1. The van der Waals surface area contributed by atoms with Gasteiger partial charge in [0.15, 0.2) is 0 Å². The molecule has 1 amide bonds. The Labute approximate surface area is 366 Å². The zero-order valence-corrected chi connectivity index (χ0v) is 39.1. The number of ether oxygens (including phenoxy) is 1. The van der Waals surface area contributed by atoms with E-state index in [0.717, 1.165) is 77.0 Å². The number of hydrogen-bond acceptors (Lipinski definition) is 5. The summed E-state index contributed by atoms with van der Waals surface area (Å²) < 4.78 is 5.90. The lowest BCUT2D eigenvalue weighted by atomic mass is 10.0. The Bertz CT molecular complexity index is 1020. The van der Waals surface area contributed by atoms with E-state index in [4.69, 9.17) is 4.74 Å². The van der Waals surface area contributed by atoms with Crippen molar-refractivity contribution in [2.24, 2.45) is 0 Å².